The van der Waals surface area contributed by atoms with Crippen molar-refractivity contribution in [1.29, 1.82) is 0 Å². The fraction of sp³-hybridized carbons (Fsp3) is 0.429. The Balaban J connectivity index is 2.64. The molecule has 174 valence electrons. The zero-order valence-electron chi connectivity index (χ0n) is 14.6. The molecule has 0 bridgehead atoms. The van der Waals surface area contributed by atoms with E-state index < -0.39 is 55.4 Å². The van der Waals surface area contributed by atoms with Crippen LogP contribution in [0.1, 0.15) is 16.6 Å². The Labute approximate surface area is 170 Å². The topological polar surface area (TPSA) is 82.6 Å². The van der Waals surface area contributed by atoms with Crippen molar-refractivity contribution in [3.8, 4) is 5.75 Å². The summed E-state index contributed by atoms with van der Waals surface area (Å²) in [5.74, 6) is -17.6. The molecule has 0 atom stereocenters. The van der Waals surface area contributed by atoms with Crippen molar-refractivity contribution in [2.75, 3.05) is 6.61 Å². The minimum absolute atomic E-state index is 0.105. The second-order valence-corrected chi connectivity index (χ2v) is 8.19. The minimum atomic E-state index is -7.48. The molecule has 0 fully saturated rings. The van der Waals surface area contributed by atoms with Crippen LogP contribution in [0.4, 0.5) is 39.5 Å². The SMILES string of the molecule is CCOC(=O)c1sc2cnccc2c1OS(=O)(=O)C(F)(F)C(F)(F)C(F)(F)C(F)(F)F. The highest BCUT2D eigenvalue weighted by atomic mass is 32.2. The van der Waals surface area contributed by atoms with E-state index in [-0.39, 0.29) is 11.3 Å². The number of alkyl halides is 9. The van der Waals surface area contributed by atoms with E-state index in [1.165, 1.54) is 6.92 Å². The number of thiophene rings is 1. The van der Waals surface area contributed by atoms with Gasteiger partial charge in [-0.25, -0.2) is 4.79 Å². The van der Waals surface area contributed by atoms with Gasteiger partial charge in [0.2, 0.25) is 0 Å². The average Bonchev–Trinajstić information content (AvgIpc) is 2.98. The highest BCUT2D eigenvalue weighted by Crippen LogP contribution is 2.55. The molecule has 0 saturated carbocycles. The van der Waals surface area contributed by atoms with Crippen LogP contribution in [0.3, 0.4) is 0 Å². The predicted octanol–water partition coefficient (Wildman–Crippen LogP) is 4.61. The molecule has 0 aliphatic rings. The van der Waals surface area contributed by atoms with Crippen LogP contribution >= 0.6 is 11.3 Å². The van der Waals surface area contributed by atoms with Gasteiger partial charge in [-0.15, -0.1) is 11.3 Å². The average molecular weight is 505 g/mol. The maximum absolute atomic E-state index is 13.9. The largest absolute Gasteiger partial charge is 0.462 e. The van der Waals surface area contributed by atoms with Gasteiger partial charge in [0.1, 0.15) is 0 Å². The maximum Gasteiger partial charge on any atom is 0.460 e. The number of fused-ring (bicyclic) bond motifs is 1. The van der Waals surface area contributed by atoms with Crippen molar-refractivity contribution in [3.05, 3.63) is 23.3 Å². The molecule has 31 heavy (non-hydrogen) atoms. The molecule has 0 unspecified atom stereocenters. The Morgan fingerprint density at radius 3 is 2.16 bits per heavy atom. The van der Waals surface area contributed by atoms with Gasteiger partial charge >= 0.3 is 39.4 Å². The van der Waals surface area contributed by atoms with Crippen LogP contribution in [0.25, 0.3) is 10.1 Å². The van der Waals surface area contributed by atoms with Gasteiger partial charge in [0.25, 0.3) is 0 Å². The number of carbonyl (C=O) groups is 1. The number of ether oxygens (including phenoxy) is 1. The maximum atomic E-state index is 13.9. The van der Waals surface area contributed by atoms with Crippen LogP contribution in [0.15, 0.2) is 18.5 Å². The molecular weight excluding hydrogens is 497 g/mol. The molecule has 0 radical (unpaired) electrons. The Bertz CT molecular complexity index is 1100. The second kappa shape index (κ2) is 7.68. The summed E-state index contributed by atoms with van der Waals surface area (Å²) in [6.07, 6.45) is -5.31. The van der Waals surface area contributed by atoms with E-state index in [1.54, 1.807) is 0 Å². The third kappa shape index (κ3) is 3.88. The smallest absolute Gasteiger partial charge is 0.460 e. The van der Waals surface area contributed by atoms with E-state index in [9.17, 15) is 52.7 Å². The molecule has 2 aromatic rings. The lowest BCUT2D eigenvalue weighted by Crippen LogP contribution is -2.63. The van der Waals surface area contributed by atoms with Gasteiger partial charge in [0.05, 0.1) is 11.3 Å². The van der Waals surface area contributed by atoms with Gasteiger partial charge < -0.3 is 8.92 Å². The van der Waals surface area contributed by atoms with Gasteiger partial charge in [0, 0.05) is 17.8 Å². The lowest BCUT2D eigenvalue weighted by molar-refractivity contribution is -0.382. The summed E-state index contributed by atoms with van der Waals surface area (Å²) in [5.41, 5.74) is 0. The Hall–Kier alpha value is -2.30. The van der Waals surface area contributed by atoms with Crippen molar-refractivity contribution in [1.82, 2.24) is 4.98 Å². The summed E-state index contributed by atoms with van der Waals surface area (Å²) in [7, 11) is -7.23. The second-order valence-electron chi connectivity index (χ2n) is 5.55. The van der Waals surface area contributed by atoms with Crippen molar-refractivity contribution in [2.24, 2.45) is 0 Å². The number of hydrogen-bond donors (Lipinski definition) is 0. The number of pyridine rings is 1. The molecule has 2 rings (SSSR count). The fourth-order valence-electron chi connectivity index (χ4n) is 2.02. The summed E-state index contributed by atoms with van der Waals surface area (Å²) in [6, 6.07) is 0.889. The molecule has 0 amide bonds. The molecule has 0 N–H and O–H groups in total. The summed E-state index contributed by atoms with van der Waals surface area (Å²) in [6.45, 7) is 0.974. The molecule has 2 heterocycles. The molecule has 6 nitrogen and oxygen atoms in total. The minimum Gasteiger partial charge on any atom is -0.462 e. The number of carbonyl (C=O) groups excluding carboxylic acids is 1. The van der Waals surface area contributed by atoms with Crippen LogP contribution in [0, 0.1) is 0 Å². The third-order valence-electron chi connectivity index (χ3n) is 3.53. The van der Waals surface area contributed by atoms with Crippen LogP contribution in [-0.4, -0.2) is 49.3 Å². The first-order valence-electron chi connectivity index (χ1n) is 7.60. The zero-order valence-corrected chi connectivity index (χ0v) is 16.3. The van der Waals surface area contributed by atoms with Crippen molar-refractivity contribution < 1.29 is 61.6 Å². The molecule has 0 spiro atoms. The molecule has 0 aromatic carbocycles. The summed E-state index contributed by atoms with van der Waals surface area (Å²) < 4.78 is 149. The molecular formula is C14H8F9NO5S2. The van der Waals surface area contributed by atoms with Crippen LogP contribution in [0.5, 0.6) is 5.75 Å². The lowest BCUT2D eigenvalue weighted by Gasteiger charge is -2.32. The van der Waals surface area contributed by atoms with Crippen LogP contribution in [0.2, 0.25) is 0 Å². The van der Waals surface area contributed by atoms with E-state index >= 15 is 0 Å². The monoisotopic (exact) mass is 505 g/mol. The molecule has 0 saturated heterocycles. The Morgan fingerprint density at radius 2 is 1.65 bits per heavy atom. The van der Waals surface area contributed by atoms with Crippen molar-refractivity contribution in [3.63, 3.8) is 0 Å². The van der Waals surface area contributed by atoms with Gasteiger partial charge in [-0.3, -0.25) is 4.98 Å². The van der Waals surface area contributed by atoms with Gasteiger partial charge in [0.15, 0.2) is 10.6 Å². The molecule has 0 aliphatic heterocycles. The van der Waals surface area contributed by atoms with Gasteiger partial charge in [-0.2, -0.15) is 47.9 Å². The fourth-order valence-corrected chi connectivity index (χ4v) is 4.00. The summed E-state index contributed by atoms with van der Waals surface area (Å²) in [4.78, 5) is 14.7. The zero-order chi connectivity index (χ0) is 24.0. The van der Waals surface area contributed by atoms with E-state index in [0.717, 1.165) is 18.5 Å². The standard InChI is InChI=1S/C14H8F9NO5S2/c1-2-28-10(25)9-8(6-3-4-24-5-7(6)30-9)29-31(26,27)14(22,23)12(17,18)11(15,16)13(19,20)21/h3-5H,2H2,1H3. The molecule has 2 aromatic heterocycles. The Morgan fingerprint density at radius 1 is 1.06 bits per heavy atom. The third-order valence-corrected chi connectivity index (χ3v) is 5.90. The normalized spacial score (nSPS) is 14.0. The number of hydrogen-bond acceptors (Lipinski definition) is 7. The number of aromatic nitrogens is 1. The van der Waals surface area contributed by atoms with Crippen LogP contribution < -0.4 is 4.18 Å². The van der Waals surface area contributed by atoms with Gasteiger partial charge in [-0.05, 0) is 13.0 Å². The van der Waals surface area contributed by atoms with Crippen molar-refractivity contribution >= 4 is 37.5 Å². The summed E-state index contributed by atoms with van der Waals surface area (Å²) >= 11 is 0.354. The van der Waals surface area contributed by atoms with Gasteiger partial charge in [-0.1, -0.05) is 0 Å². The van der Waals surface area contributed by atoms with E-state index in [2.05, 4.69) is 13.9 Å². The summed E-state index contributed by atoms with van der Waals surface area (Å²) in [5, 5.41) is -7.54. The quantitative estimate of drug-likeness (QED) is 0.311. The lowest BCUT2D eigenvalue weighted by atomic mass is 10.1. The Kier molecular flexibility index (Phi) is 6.19. The first kappa shape index (κ1) is 25.0. The number of halogens is 9. The van der Waals surface area contributed by atoms with E-state index in [4.69, 9.17) is 0 Å². The number of nitrogens with zero attached hydrogens (tertiary/aromatic N) is 1. The number of rotatable bonds is 7. The van der Waals surface area contributed by atoms with Crippen LogP contribution in [-0.2, 0) is 14.9 Å². The van der Waals surface area contributed by atoms with E-state index in [1.807, 2.05) is 0 Å². The number of esters is 1. The van der Waals surface area contributed by atoms with Crippen molar-refractivity contribution in [2.45, 2.75) is 30.2 Å². The predicted molar refractivity (Wildman–Crippen MR) is 86.0 cm³/mol. The molecule has 0 aliphatic carbocycles. The highest BCUT2D eigenvalue weighted by molar-refractivity contribution is 7.88. The first-order valence-corrected chi connectivity index (χ1v) is 9.82. The highest BCUT2D eigenvalue weighted by Gasteiger charge is 2.86. The molecule has 17 heteroatoms. The van der Waals surface area contributed by atoms with E-state index in [0.29, 0.717) is 11.3 Å². The first-order chi connectivity index (χ1) is 13.9.